The average Bonchev–Trinajstić information content (AvgIpc) is 2.68. The molecule has 0 bridgehead atoms. The molecule has 112 valence electrons. The van der Waals surface area contributed by atoms with Crippen molar-refractivity contribution in [3.63, 3.8) is 0 Å². The topological polar surface area (TPSA) is 9.23 Å². The predicted octanol–water partition coefficient (Wildman–Crippen LogP) is 4.31. The lowest BCUT2D eigenvalue weighted by atomic mass is 10.1. The second-order valence-electron chi connectivity index (χ2n) is 5.91. The van der Waals surface area contributed by atoms with Crippen LogP contribution in [-0.2, 0) is 4.43 Å². The van der Waals surface area contributed by atoms with E-state index in [2.05, 4.69) is 0 Å². The molecule has 0 aliphatic carbocycles. The van der Waals surface area contributed by atoms with E-state index < -0.39 is 37.7 Å². The van der Waals surface area contributed by atoms with Crippen LogP contribution < -0.4 is 5.19 Å². The van der Waals surface area contributed by atoms with Crippen molar-refractivity contribution < 1.29 is 22.0 Å². The molecule has 1 aliphatic heterocycles. The van der Waals surface area contributed by atoms with Gasteiger partial charge in [0.2, 0.25) is 8.32 Å². The highest BCUT2D eigenvalue weighted by atomic mass is 28.4. The van der Waals surface area contributed by atoms with Crippen molar-refractivity contribution in [3.05, 3.63) is 28.8 Å². The van der Waals surface area contributed by atoms with E-state index in [-0.39, 0.29) is 21.8 Å². The zero-order chi connectivity index (χ0) is 15.4. The largest absolute Gasteiger partial charge is 0.405 e. The molecule has 1 atom stereocenters. The van der Waals surface area contributed by atoms with Crippen LogP contribution in [0.4, 0.5) is 17.6 Å². The van der Waals surface area contributed by atoms with Crippen LogP contribution in [0.25, 0.3) is 0 Å². The third kappa shape index (κ3) is 1.77. The van der Waals surface area contributed by atoms with Crippen molar-refractivity contribution in [1.82, 2.24) is 0 Å². The minimum Gasteiger partial charge on any atom is -0.405 e. The van der Waals surface area contributed by atoms with Crippen LogP contribution in [0.3, 0.4) is 0 Å². The van der Waals surface area contributed by atoms with Gasteiger partial charge in [0.25, 0.3) is 0 Å². The summed E-state index contributed by atoms with van der Waals surface area (Å²) in [6.45, 7) is 8.97. The van der Waals surface area contributed by atoms with E-state index in [4.69, 9.17) is 4.43 Å². The Labute approximate surface area is 117 Å². The van der Waals surface area contributed by atoms with E-state index in [1.807, 2.05) is 27.7 Å². The van der Waals surface area contributed by atoms with Crippen molar-refractivity contribution in [2.75, 3.05) is 0 Å². The fourth-order valence-electron chi connectivity index (χ4n) is 3.34. The lowest BCUT2D eigenvalue weighted by Crippen LogP contribution is -2.54. The summed E-state index contributed by atoms with van der Waals surface area (Å²) >= 11 is 0. The molecular weight excluding hydrogens is 288 g/mol. The fourth-order valence-corrected chi connectivity index (χ4v) is 8.38. The van der Waals surface area contributed by atoms with Crippen LogP contribution >= 0.6 is 0 Å². The first-order valence-electron chi connectivity index (χ1n) is 6.70. The Morgan fingerprint density at radius 1 is 0.850 bits per heavy atom. The number of benzene rings is 1. The monoisotopic (exact) mass is 306 g/mol. The molecule has 0 spiro atoms. The SMILES string of the molecule is CC(C)[Si]1(C(C)C)O[C@@H](C)c2c(F)c(F)c(F)c(F)c21. The lowest BCUT2D eigenvalue weighted by Gasteiger charge is -2.35. The molecule has 0 aromatic heterocycles. The Morgan fingerprint density at radius 2 is 1.30 bits per heavy atom. The molecule has 0 N–H and O–H groups in total. The molecule has 20 heavy (non-hydrogen) atoms. The highest BCUT2D eigenvalue weighted by Crippen LogP contribution is 2.45. The van der Waals surface area contributed by atoms with Gasteiger partial charge in [-0.2, -0.15) is 0 Å². The van der Waals surface area contributed by atoms with Gasteiger partial charge in [-0.3, -0.25) is 0 Å². The molecule has 1 aromatic carbocycles. The van der Waals surface area contributed by atoms with Gasteiger partial charge in [0, 0.05) is 10.8 Å². The maximum Gasteiger partial charge on any atom is 0.233 e. The standard InChI is InChI=1S/C14H18F4OSi/c1-6(2)20(7(3)4)14-9(8(5)19-20)10(15)11(16)12(17)13(14)18/h6-8H,1-5H3/t8-/m0/s1. The van der Waals surface area contributed by atoms with Gasteiger partial charge in [0.1, 0.15) is 0 Å². The summed E-state index contributed by atoms with van der Waals surface area (Å²) < 4.78 is 61.3. The number of hydrogen-bond acceptors (Lipinski definition) is 1. The molecule has 1 heterocycles. The molecular formula is C14H18F4OSi. The number of rotatable bonds is 2. The Kier molecular flexibility index (Phi) is 3.75. The molecule has 0 saturated heterocycles. The fraction of sp³-hybridized carbons (Fsp3) is 0.571. The van der Waals surface area contributed by atoms with Gasteiger partial charge in [0.15, 0.2) is 23.3 Å². The molecule has 0 radical (unpaired) electrons. The van der Waals surface area contributed by atoms with E-state index in [1.165, 1.54) is 0 Å². The number of hydrogen-bond donors (Lipinski definition) is 0. The lowest BCUT2D eigenvalue weighted by molar-refractivity contribution is 0.218. The number of halogens is 4. The minimum absolute atomic E-state index is 0.0357. The summed E-state index contributed by atoms with van der Waals surface area (Å²) in [5, 5.41) is -0.0357. The van der Waals surface area contributed by atoms with Crippen molar-refractivity contribution in [2.24, 2.45) is 0 Å². The molecule has 6 heteroatoms. The van der Waals surface area contributed by atoms with Gasteiger partial charge in [-0.15, -0.1) is 0 Å². The highest BCUT2D eigenvalue weighted by Gasteiger charge is 2.55. The second-order valence-corrected chi connectivity index (χ2v) is 10.5. The maximum atomic E-state index is 14.3. The van der Waals surface area contributed by atoms with Gasteiger partial charge < -0.3 is 4.43 Å². The van der Waals surface area contributed by atoms with Crippen LogP contribution in [0.2, 0.25) is 11.1 Å². The molecule has 1 nitrogen and oxygen atoms in total. The Morgan fingerprint density at radius 3 is 1.75 bits per heavy atom. The first-order chi connectivity index (χ1) is 9.16. The molecule has 2 rings (SSSR count). The van der Waals surface area contributed by atoms with Crippen LogP contribution in [0.5, 0.6) is 0 Å². The molecule has 1 aromatic rings. The summed E-state index contributed by atoms with van der Waals surface area (Å²) in [5.41, 5.74) is -0.301. The number of fused-ring (bicyclic) bond motifs is 1. The molecule has 0 saturated carbocycles. The van der Waals surface area contributed by atoms with Crippen molar-refractivity contribution >= 4 is 13.5 Å². The van der Waals surface area contributed by atoms with Gasteiger partial charge in [0.05, 0.1) is 6.10 Å². The molecule has 0 amide bonds. The zero-order valence-corrected chi connectivity index (χ0v) is 13.2. The summed E-state index contributed by atoms with van der Waals surface area (Å²) in [5.74, 6) is -6.09. The molecule has 0 fully saturated rings. The Balaban J connectivity index is 2.89. The molecule has 1 aliphatic rings. The normalized spacial score (nSPS) is 20.9. The van der Waals surface area contributed by atoms with Gasteiger partial charge in [-0.1, -0.05) is 27.7 Å². The van der Waals surface area contributed by atoms with Crippen LogP contribution in [0, 0.1) is 23.3 Å². The maximum absolute atomic E-state index is 14.3. The smallest absolute Gasteiger partial charge is 0.233 e. The van der Waals surface area contributed by atoms with Crippen molar-refractivity contribution in [2.45, 2.75) is 51.8 Å². The van der Waals surface area contributed by atoms with Gasteiger partial charge in [-0.05, 0) is 18.0 Å². The van der Waals surface area contributed by atoms with E-state index in [9.17, 15) is 17.6 Å². The first kappa shape index (κ1) is 15.5. The van der Waals surface area contributed by atoms with E-state index in [0.29, 0.717) is 0 Å². The third-order valence-corrected chi connectivity index (χ3v) is 9.63. The van der Waals surface area contributed by atoms with Crippen LogP contribution in [-0.4, -0.2) is 8.32 Å². The summed E-state index contributed by atoms with van der Waals surface area (Å²) in [4.78, 5) is 0. The first-order valence-corrected chi connectivity index (χ1v) is 8.76. The predicted molar refractivity (Wildman–Crippen MR) is 71.4 cm³/mol. The third-order valence-electron chi connectivity index (χ3n) is 4.19. The molecule has 0 unspecified atom stereocenters. The van der Waals surface area contributed by atoms with Crippen LogP contribution in [0.15, 0.2) is 0 Å². The van der Waals surface area contributed by atoms with E-state index in [1.54, 1.807) is 6.92 Å². The van der Waals surface area contributed by atoms with Gasteiger partial charge >= 0.3 is 0 Å². The Hall–Kier alpha value is -0.883. The highest BCUT2D eigenvalue weighted by molar-refractivity contribution is 6.90. The second kappa shape index (κ2) is 4.84. The quantitative estimate of drug-likeness (QED) is 0.342. The van der Waals surface area contributed by atoms with E-state index >= 15 is 0 Å². The summed E-state index contributed by atoms with van der Waals surface area (Å²) in [7, 11) is -2.92. The summed E-state index contributed by atoms with van der Waals surface area (Å²) in [6.07, 6.45) is -0.758. The van der Waals surface area contributed by atoms with Gasteiger partial charge in [-0.25, -0.2) is 17.6 Å². The Bertz CT molecular complexity index is 549. The van der Waals surface area contributed by atoms with Crippen molar-refractivity contribution in [1.29, 1.82) is 0 Å². The zero-order valence-electron chi connectivity index (χ0n) is 12.2. The summed E-state index contributed by atoms with van der Waals surface area (Å²) in [6, 6.07) is 0. The van der Waals surface area contributed by atoms with Crippen LogP contribution in [0.1, 0.15) is 46.3 Å². The van der Waals surface area contributed by atoms with E-state index in [0.717, 1.165) is 0 Å². The minimum atomic E-state index is -2.92. The average molecular weight is 306 g/mol. The van der Waals surface area contributed by atoms with Crippen molar-refractivity contribution in [3.8, 4) is 0 Å².